The molecule has 0 saturated carbocycles. The molecule has 1 aromatic heterocycles. The Morgan fingerprint density at radius 1 is 1.36 bits per heavy atom. The molecule has 0 aliphatic carbocycles. The van der Waals surface area contributed by atoms with E-state index in [-0.39, 0.29) is 11.2 Å². The highest BCUT2D eigenvalue weighted by atomic mass is 32.2. The molecule has 0 spiro atoms. The van der Waals surface area contributed by atoms with Gasteiger partial charge >= 0.3 is 0 Å². The minimum atomic E-state index is -0.133. The zero-order valence-corrected chi connectivity index (χ0v) is 16.1. The number of piperidine rings is 1. The third-order valence-corrected chi connectivity index (χ3v) is 5.94. The lowest BCUT2D eigenvalue weighted by atomic mass is 9.99. The minimum absolute atomic E-state index is 0.133. The number of carbonyl (C=O) groups is 1. The van der Waals surface area contributed by atoms with Crippen LogP contribution in [-0.4, -0.2) is 52.4 Å². The summed E-state index contributed by atoms with van der Waals surface area (Å²) in [6.45, 7) is 7.38. The second kappa shape index (κ2) is 8.23. The number of rotatable bonds is 6. The number of thioether (sulfide) groups is 1. The number of methoxy groups -OCH3 is 1. The Hall–Kier alpha value is -1.53. The molecule has 1 amide bonds. The first-order valence-corrected chi connectivity index (χ1v) is 9.87. The molecule has 136 valence electrons. The predicted molar refractivity (Wildman–Crippen MR) is 102 cm³/mol. The van der Waals surface area contributed by atoms with Crippen molar-refractivity contribution in [3.8, 4) is 0 Å². The number of benzene rings is 1. The maximum Gasteiger partial charge on any atom is 0.235 e. The highest BCUT2D eigenvalue weighted by Gasteiger charge is 2.26. The quantitative estimate of drug-likeness (QED) is 0.740. The summed E-state index contributed by atoms with van der Waals surface area (Å²) < 4.78 is 7.40. The van der Waals surface area contributed by atoms with Crippen molar-refractivity contribution in [2.75, 3.05) is 26.8 Å². The van der Waals surface area contributed by atoms with E-state index in [1.54, 1.807) is 18.9 Å². The lowest BCUT2D eigenvalue weighted by molar-refractivity contribution is -0.131. The fourth-order valence-corrected chi connectivity index (χ4v) is 4.27. The van der Waals surface area contributed by atoms with Crippen molar-refractivity contribution < 1.29 is 9.53 Å². The van der Waals surface area contributed by atoms with Gasteiger partial charge in [-0.3, -0.25) is 4.79 Å². The van der Waals surface area contributed by atoms with E-state index in [1.165, 1.54) is 0 Å². The molecule has 1 unspecified atom stereocenters. The number of carbonyl (C=O) groups excluding carboxylic acids is 1. The van der Waals surface area contributed by atoms with Gasteiger partial charge in [-0.15, -0.1) is 0 Å². The SMILES string of the molecule is COCCn1c(SC(C)C(=O)N2CCC(C)CC2)nc2ccccc21. The van der Waals surface area contributed by atoms with Gasteiger partial charge in [0.05, 0.1) is 22.9 Å². The third kappa shape index (κ3) is 4.18. The fraction of sp³-hybridized carbons (Fsp3) is 0.579. The Kier molecular flexibility index (Phi) is 6.02. The van der Waals surface area contributed by atoms with Crippen molar-refractivity contribution in [1.82, 2.24) is 14.5 Å². The van der Waals surface area contributed by atoms with Gasteiger partial charge in [0.2, 0.25) is 5.91 Å². The Bertz CT molecular complexity index is 723. The molecule has 2 aromatic rings. The topological polar surface area (TPSA) is 47.4 Å². The van der Waals surface area contributed by atoms with Crippen molar-refractivity contribution >= 4 is 28.7 Å². The molecule has 25 heavy (non-hydrogen) atoms. The predicted octanol–water partition coefficient (Wildman–Crippen LogP) is 3.42. The highest BCUT2D eigenvalue weighted by Crippen LogP contribution is 2.29. The van der Waals surface area contributed by atoms with Gasteiger partial charge in [-0.2, -0.15) is 0 Å². The van der Waals surface area contributed by atoms with E-state index >= 15 is 0 Å². The molecule has 1 aromatic carbocycles. The summed E-state index contributed by atoms with van der Waals surface area (Å²) in [7, 11) is 1.70. The van der Waals surface area contributed by atoms with Crippen LogP contribution in [0.5, 0.6) is 0 Å². The van der Waals surface area contributed by atoms with Gasteiger partial charge in [0.1, 0.15) is 0 Å². The van der Waals surface area contributed by atoms with E-state index in [2.05, 4.69) is 17.6 Å². The van der Waals surface area contributed by atoms with Crippen LogP contribution in [-0.2, 0) is 16.1 Å². The number of nitrogens with zero attached hydrogens (tertiary/aromatic N) is 3. The molecule has 6 heteroatoms. The zero-order chi connectivity index (χ0) is 17.8. The maximum absolute atomic E-state index is 12.8. The average molecular weight is 362 g/mol. The summed E-state index contributed by atoms with van der Waals surface area (Å²) in [5.74, 6) is 0.951. The molecule has 1 aliphatic heterocycles. The van der Waals surface area contributed by atoms with E-state index in [0.29, 0.717) is 6.61 Å². The molecule has 2 heterocycles. The van der Waals surface area contributed by atoms with E-state index in [4.69, 9.17) is 9.72 Å². The van der Waals surface area contributed by atoms with Gasteiger partial charge in [0.15, 0.2) is 5.16 Å². The smallest absolute Gasteiger partial charge is 0.235 e. The van der Waals surface area contributed by atoms with E-state index in [1.807, 2.05) is 30.0 Å². The minimum Gasteiger partial charge on any atom is -0.383 e. The van der Waals surface area contributed by atoms with Crippen molar-refractivity contribution in [1.29, 1.82) is 0 Å². The number of likely N-dealkylation sites (tertiary alicyclic amines) is 1. The van der Waals surface area contributed by atoms with Crippen molar-refractivity contribution in [2.45, 2.75) is 43.6 Å². The zero-order valence-electron chi connectivity index (χ0n) is 15.3. The van der Waals surface area contributed by atoms with E-state index in [0.717, 1.165) is 54.6 Å². The Morgan fingerprint density at radius 3 is 2.80 bits per heavy atom. The van der Waals surface area contributed by atoms with Crippen LogP contribution in [0.4, 0.5) is 0 Å². The van der Waals surface area contributed by atoms with Crippen LogP contribution in [0.2, 0.25) is 0 Å². The molecule has 3 rings (SSSR count). The third-order valence-electron chi connectivity index (χ3n) is 4.86. The van der Waals surface area contributed by atoms with Crippen LogP contribution in [0.1, 0.15) is 26.7 Å². The summed E-state index contributed by atoms with van der Waals surface area (Å²) in [6, 6.07) is 8.10. The van der Waals surface area contributed by atoms with Crippen LogP contribution in [0, 0.1) is 5.92 Å². The lowest BCUT2D eigenvalue weighted by Crippen LogP contribution is -2.41. The van der Waals surface area contributed by atoms with Gasteiger partial charge in [0.25, 0.3) is 0 Å². The normalized spacial score (nSPS) is 17.2. The van der Waals surface area contributed by atoms with Crippen LogP contribution in [0.15, 0.2) is 29.4 Å². The van der Waals surface area contributed by atoms with Crippen LogP contribution >= 0.6 is 11.8 Å². The first-order valence-electron chi connectivity index (χ1n) is 8.99. The number of fused-ring (bicyclic) bond motifs is 1. The standard InChI is InChI=1S/C19H27N3O2S/c1-14-8-10-21(11-9-14)18(23)15(2)25-19-20-16-6-4-5-7-17(16)22(19)12-13-24-3/h4-7,14-15H,8-13H2,1-3H3. The molecule has 1 fully saturated rings. The largest absolute Gasteiger partial charge is 0.383 e. The van der Waals surface area contributed by atoms with Gasteiger partial charge < -0.3 is 14.2 Å². The maximum atomic E-state index is 12.8. The van der Waals surface area contributed by atoms with Crippen molar-refractivity contribution in [3.63, 3.8) is 0 Å². The van der Waals surface area contributed by atoms with Crippen LogP contribution < -0.4 is 0 Å². The number of imidazole rings is 1. The Balaban J connectivity index is 1.75. The van der Waals surface area contributed by atoms with E-state index in [9.17, 15) is 4.79 Å². The highest BCUT2D eigenvalue weighted by molar-refractivity contribution is 8.00. The summed E-state index contributed by atoms with van der Waals surface area (Å²) in [5.41, 5.74) is 2.06. The van der Waals surface area contributed by atoms with Gasteiger partial charge in [0, 0.05) is 26.7 Å². The molecule has 0 bridgehead atoms. The summed E-state index contributed by atoms with van der Waals surface area (Å²) in [5, 5.41) is 0.760. The molecular formula is C19H27N3O2S. The molecule has 1 aliphatic rings. The van der Waals surface area contributed by atoms with Gasteiger partial charge in [-0.25, -0.2) is 4.98 Å². The monoisotopic (exact) mass is 361 g/mol. The number of hydrogen-bond donors (Lipinski definition) is 0. The number of amides is 1. The van der Waals surface area contributed by atoms with Crippen LogP contribution in [0.3, 0.4) is 0 Å². The lowest BCUT2D eigenvalue weighted by Gasteiger charge is -2.32. The molecule has 5 nitrogen and oxygen atoms in total. The summed E-state index contributed by atoms with van der Waals surface area (Å²) in [6.07, 6.45) is 2.21. The van der Waals surface area contributed by atoms with Crippen molar-refractivity contribution in [3.05, 3.63) is 24.3 Å². The molecule has 0 N–H and O–H groups in total. The second-order valence-electron chi connectivity index (χ2n) is 6.80. The number of aromatic nitrogens is 2. The van der Waals surface area contributed by atoms with E-state index < -0.39 is 0 Å². The Labute approximate surface area is 153 Å². The first-order chi connectivity index (χ1) is 12.1. The average Bonchev–Trinajstić information content (AvgIpc) is 2.97. The molecule has 1 saturated heterocycles. The first kappa shape index (κ1) is 18.3. The van der Waals surface area contributed by atoms with Crippen molar-refractivity contribution in [2.24, 2.45) is 5.92 Å². The summed E-state index contributed by atoms with van der Waals surface area (Å²) >= 11 is 1.55. The fourth-order valence-electron chi connectivity index (χ4n) is 3.24. The van der Waals surface area contributed by atoms with Gasteiger partial charge in [-0.1, -0.05) is 30.8 Å². The molecule has 1 atom stereocenters. The molecular weight excluding hydrogens is 334 g/mol. The van der Waals surface area contributed by atoms with Gasteiger partial charge in [-0.05, 0) is 37.8 Å². The number of hydrogen-bond acceptors (Lipinski definition) is 4. The summed E-state index contributed by atoms with van der Waals surface area (Å²) in [4.78, 5) is 19.6. The number of ether oxygens (including phenoxy) is 1. The van der Waals surface area contributed by atoms with Crippen LogP contribution in [0.25, 0.3) is 11.0 Å². The number of para-hydroxylation sites is 2. The molecule has 0 radical (unpaired) electrons. The second-order valence-corrected chi connectivity index (χ2v) is 8.10. The Morgan fingerprint density at radius 2 is 2.08 bits per heavy atom.